The largest absolute Gasteiger partial charge is 0.492 e. The Balaban J connectivity index is 1.32. The van der Waals surface area contributed by atoms with E-state index in [0.717, 1.165) is 17.3 Å². The van der Waals surface area contributed by atoms with E-state index in [1.165, 1.54) is 24.3 Å². The molecule has 0 saturated carbocycles. The summed E-state index contributed by atoms with van der Waals surface area (Å²) in [5.41, 5.74) is 1.36. The van der Waals surface area contributed by atoms with E-state index in [1.807, 2.05) is 12.1 Å². The smallest absolute Gasteiger partial charge is 0.286 e. The molecule has 0 aliphatic carbocycles. The van der Waals surface area contributed by atoms with Gasteiger partial charge in [0.05, 0.1) is 16.7 Å². The van der Waals surface area contributed by atoms with E-state index < -0.39 is 10.2 Å². The van der Waals surface area contributed by atoms with Gasteiger partial charge in [-0.3, -0.25) is 29.8 Å². The van der Waals surface area contributed by atoms with Crippen molar-refractivity contribution < 1.29 is 24.0 Å². The standard InChI is InChI=1S/C20H20N4O6S/c25-18(22-14-3-5-15(6-4-14)24(28)29)12-21-9-10-30-16-7-1-13(2-8-16)11-17-19(26)23-20(27)31-17/h1-8,17,21H,9-12H2,(H,22,25)(H,23,26,27). The summed E-state index contributed by atoms with van der Waals surface area (Å²) in [5, 5.41) is 17.8. The fraction of sp³-hybridized carbons (Fsp3) is 0.250. The lowest BCUT2D eigenvalue weighted by Crippen LogP contribution is -2.31. The number of benzene rings is 2. The van der Waals surface area contributed by atoms with Gasteiger partial charge in [-0.15, -0.1) is 0 Å². The molecule has 1 aliphatic rings. The van der Waals surface area contributed by atoms with Gasteiger partial charge >= 0.3 is 0 Å². The van der Waals surface area contributed by atoms with Crippen LogP contribution < -0.4 is 20.7 Å². The minimum Gasteiger partial charge on any atom is -0.492 e. The quantitative estimate of drug-likeness (QED) is 0.288. The Hall–Kier alpha value is -3.44. The van der Waals surface area contributed by atoms with Gasteiger partial charge in [-0.2, -0.15) is 0 Å². The summed E-state index contributed by atoms with van der Waals surface area (Å²) in [5.74, 6) is 0.116. The molecule has 11 heteroatoms. The van der Waals surface area contributed by atoms with E-state index >= 15 is 0 Å². The molecule has 162 valence electrons. The number of carbonyl (C=O) groups excluding carboxylic acids is 3. The fourth-order valence-corrected chi connectivity index (χ4v) is 3.64. The maximum atomic E-state index is 11.9. The van der Waals surface area contributed by atoms with Crippen molar-refractivity contribution in [1.29, 1.82) is 0 Å². The van der Waals surface area contributed by atoms with Crippen LogP contribution in [0.3, 0.4) is 0 Å². The number of hydrogen-bond donors (Lipinski definition) is 3. The average molecular weight is 444 g/mol. The molecule has 1 saturated heterocycles. The number of anilines is 1. The first-order chi connectivity index (χ1) is 14.9. The van der Waals surface area contributed by atoms with Gasteiger partial charge in [0.15, 0.2) is 0 Å². The van der Waals surface area contributed by atoms with E-state index in [4.69, 9.17) is 4.74 Å². The van der Waals surface area contributed by atoms with E-state index in [2.05, 4.69) is 16.0 Å². The van der Waals surface area contributed by atoms with Crippen molar-refractivity contribution in [3.63, 3.8) is 0 Å². The summed E-state index contributed by atoms with van der Waals surface area (Å²) >= 11 is 0.998. The first-order valence-electron chi connectivity index (χ1n) is 9.39. The molecule has 1 fully saturated rings. The molecule has 31 heavy (non-hydrogen) atoms. The average Bonchev–Trinajstić information content (AvgIpc) is 3.06. The zero-order valence-corrected chi connectivity index (χ0v) is 17.1. The molecule has 10 nitrogen and oxygen atoms in total. The number of imide groups is 1. The summed E-state index contributed by atoms with van der Waals surface area (Å²) < 4.78 is 5.61. The van der Waals surface area contributed by atoms with Gasteiger partial charge in [-0.25, -0.2) is 0 Å². The monoisotopic (exact) mass is 444 g/mol. The van der Waals surface area contributed by atoms with Gasteiger partial charge in [-0.1, -0.05) is 23.9 Å². The summed E-state index contributed by atoms with van der Waals surface area (Å²) in [6, 6.07) is 12.9. The Bertz CT molecular complexity index is 965. The molecular formula is C20H20N4O6S. The van der Waals surface area contributed by atoms with Crippen LogP contribution in [0.4, 0.5) is 16.2 Å². The molecule has 2 aromatic carbocycles. The van der Waals surface area contributed by atoms with Crippen LogP contribution in [0, 0.1) is 10.1 Å². The second-order valence-corrected chi connectivity index (χ2v) is 7.78. The van der Waals surface area contributed by atoms with Gasteiger partial charge < -0.3 is 15.4 Å². The molecule has 1 aliphatic heterocycles. The third kappa shape index (κ3) is 6.79. The summed E-state index contributed by atoms with van der Waals surface area (Å²) in [6.07, 6.45) is 0.466. The Kier molecular flexibility index (Phi) is 7.57. The fourth-order valence-electron chi connectivity index (χ4n) is 2.78. The number of carbonyl (C=O) groups is 3. The van der Waals surface area contributed by atoms with Gasteiger partial charge in [-0.05, 0) is 36.2 Å². The van der Waals surface area contributed by atoms with Crippen LogP contribution in [-0.4, -0.2) is 46.9 Å². The minimum atomic E-state index is -0.504. The van der Waals surface area contributed by atoms with Gasteiger partial charge in [0.25, 0.3) is 10.9 Å². The molecule has 0 bridgehead atoms. The van der Waals surface area contributed by atoms with E-state index in [9.17, 15) is 24.5 Å². The van der Waals surface area contributed by atoms with Crippen molar-refractivity contribution in [1.82, 2.24) is 10.6 Å². The highest BCUT2D eigenvalue weighted by Gasteiger charge is 2.31. The number of non-ortho nitro benzene ring substituents is 1. The normalized spacial score (nSPS) is 15.4. The number of nitrogens with zero attached hydrogens (tertiary/aromatic N) is 1. The minimum absolute atomic E-state index is 0.0423. The summed E-state index contributed by atoms with van der Waals surface area (Å²) in [6.45, 7) is 0.856. The number of amides is 3. The highest BCUT2D eigenvalue weighted by atomic mass is 32.2. The lowest BCUT2D eigenvalue weighted by Gasteiger charge is -2.10. The number of rotatable bonds is 10. The Morgan fingerprint density at radius 1 is 1.13 bits per heavy atom. The number of hydrogen-bond acceptors (Lipinski definition) is 8. The second kappa shape index (κ2) is 10.5. The maximum Gasteiger partial charge on any atom is 0.286 e. The Morgan fingerprint density at radius 3 is 2.45 bits per heavy atom. The van der Waals surface area contributed by atoms with Crippen LogP contribution >= 0.6 is 11.8 Å². The lowest BCUT2D eigenvalue weighted by atomic mass is 10.1. The number of nitrogens with one attached hydrogen (secondary N) is 3. The first kappa shape index (κ1) is 22.2. The van der Waals surface area contributed by atoms with E-state index in [0.29, 0.717) is 31.0 Å². The van der Waals surface area contributed by atoms with Crippen LogP contribution in [0.1, 0.15) is 5.56 Å². The van der Waals surface area contributed by atoms with Crippen molar-refractivity contribution in [2.45, 2.75) is 11.7 Å². The molecule has 3 amide bonds. The molecule has 0 aromatic heterocycles. The summed E-state index contributed by atoms with van der Waals surface area (Å²) in [7, 11) is 0. The SMILES string of the molecule is O=C(CNCCOc1ccc(CC2SC(=O)NC2=O)cc1)Nc1ccc([N+](=O)[O-])cc1. The number of ether oxygens (including phenoxy) is 1. The molecule has 3 N–H and O–H groups in total. The molecule has 0 spiro atoms. The third-order valence-corrected chi connectivity index (χ3v) is 5.29. The van der Waals surface area contributed by atoms with Crippen LogP contribution in [-0.2, 0) is 16.0 Å². The molecule has 2 aromatic rings. The number of thioether (sulfide) groups is 1. The highest BCUT2D eigenvalue weighted by molar-refractivity contribution is 8.15. The summed E-state index contributed by atoms with van der Waals surface area (Å²) in [4.78, 5) is 44.8. The van der Waals surface area contributed by atoms with Crippen molar-refractivity contribution in [2.75, 3.05) is 25.0 Å². The van der Waals surface area contributed by atoms with Gasteiger partial charge in [0.2, 0.25) is 11.8 Å². The highest BCUT2D eigenvalue weighted by Crippen LogP contribution is 2.23. The lowest BCUT2D eigenvalue weighted by molar-refractivity contribution is -0.384. The van der Waals surface area contributed by atoms with Crippen LogP contribution in [0.25, 0.3) is 0 Å². The Labute approximate surface area is 181 Å². The molecule has 3 rings (SSSR count). The molecule has 0 radical (unpaired) electrons. The zero-order valence-electron chi connectivity index (χ0n) is 16.3. The predicted octanol–water partition coefficient (Wildman–Crippen LogP) is 2.10. The number of nitro benzene ring substituents is 1. The van der Waals surface area contributed by atoms with E-state index in [-0.39, 0.29) is 29.3 Å². The van der Waals surface area contributed by atoms with Crippen LogP contribution in [0.15, 0.2) is 48.5 Å². The van der Waals surface area contributed by atoms with Crippen molar-refractivity contribution in [3.05, 3.63) is 64.2 Å². The van der Waals surface area contributed by atoms with Gasteiger partial charge in [0.1, 0.15) is 12.4 Å². The molecule has 1 heterocycles. The van der Waals surface area contributed by atoms with Crippen LogP contribution in [0.5, 0.6) is 5.75 Å². The van der Waals surface area contributed by atoms with Crippen molar-refractivity contribution >= 4 is 40.2 Å². The van der Waals surface area contributed by atoms with Crippen molar-refractivity contribution in [3.8, 4) is 5.75 Å². The zero-order chi connectivity index (χ0) is 22.2. The first-order valence-corrected chi connectivity index (χ1v) is 10.3. The van der Waals surface area contributed by atoms with E-state index in [1.54, 1.807) is 12.1 Å². The molecule has 1 atom stereocenters. The maximum absolute atomic E-state index is 11.9. The second-order valence-electron chi connectivity index (χ2n) is 6.61. The Morgan fingerprint density at radius 2 is 1.84 bits per heavy atom. The number of nitro groups is 1. The van der Waals surface area contributed by atoms with Crippen LogP contribution in [0.2, 0.25) is 0 Å². The third-order valence-electron chi connectivity index (χ3n) is 4.31. The molecular weight excluding hydrogens is 424 g/mol. The predicted molar refractivity (Wildman–Crippen MR) is 115 cm³/mol. The topological polar surface area (TPSA) is 140 Å². The molecule has 1 unspecified atom stereocenters. The van der Waals surface area contributed by atoms with Gasteiger partial charge in [0, 0.05) is 24.4 Å². The van der Waals surface area contributed by atoms with Crippen molar-refractivity contribution in [2.24, 2.45) is 0 Å².